The maximum Gasteiger partial charge on any atom is 0.166 e. The molecule has 1 aliphatic heterocycles. The fourth-order valence-corrected chi connectivity index (χ4v) is 2.10. The molecule has 0 unspecified atom stereocenters. The van der Waals surface area contributed by atoms with Crippen molar-refractivity contribution in [1.82, 2.24) is 9.78 Å². The van der Waals surface area contributed by atoms with Gasteiger partial charge in [0.2, 0.25) is 0 Å². The monoisotopic (exact) mass is 192 g/mol. The minimum absolute atomic E-state index is 0.248. The Morgan fingerprint density at radius 2 is 2.29 bits per heavy atom. The Morgan fingerprint density at radius 3 is 3.00 bits per heavy atom. The zero-order chi connectivity index (χ0) is 9.54. The zero-order valence-corrected chi connectivity index (χ0v) is 7.90. The molecular formula is C10H12N2O2. The molecule has 1 aliphatic carbocycles. The van der Waals surface area contributed by atoms with Crippen LogP contribution in [0.4, 0.5) is 0 Å². The van der Waals surface area contributed by atoms with Gasteiger partial charge in [0.1, 0.15) is 0 Å². The lowest BCUT2D eigenvalue weighted by molar-refractivity contribution is -0.0299. The van der Waals surface area contributed by atoms with Crippen molar-refractivity contribution in [1.29, 1.82) is 0 Å². The summed E-state index contributed by atoms with van der Waals surface area (Å²) in [7, 11) is 0. The summed E-state index contributed by atoms with van der Waals surface area (Å²) in [5, 5.41) is 4.29. The molecule has 0 spiro atoms. The van der Waals surface area contributed by atoms with Gasteiger partial charge in [-0.15, -0.1) is 0 Å². The zero-order valence-electron chi connectivity index (χ0n) is 7.90. The molecular weight excluding hydrogens is 180 g/mol. The summed E-state index contributed by atoms with van der Waals surface area (Å²) in [5.41, 5.74) is 1.96. The Hall–Kier alpha value is -1.16. The van der Waals surface area contributed by atoms with Crippen LogP contribution in [0, 0.1) is 0 Å². The number of hydrogen-bond acceptors (Lipinski definition) is 3. The van der Waals surface area contributed by atoms with Crippen molar-refractivity contribution in [3.8, 4) is 0 Å². The lowest BCUT2D eigenvalue weighted by atomic mass is 9.96. The van der Waals surface area contributed by atoms with Gasteiger partial charge in [-0.05, 0) is 12.8 Å². The van der Waals surface area contributed by atoms with Crippen LogP contribution >= 0.6 is 0 Å². The average Bonchev–Trinajstić information content (AvgIpc) is 2.48. The van der Waals surface area contributed by atoms with E-state index in [4.69, 9.17) is 4.74 Å². The minimum Gasteiger partial charge on any atom is -0.377 e. The largest absolute Gasteiger partial charge is 0.377 e. The van der Waals surface area contributed by atoms with Crippen molar-refractivity contribution in [2.24, 2.45) is 0 Å². The van der Waals surface area contributed by atoms with Crippen molar-refractivity contribution in [2.45, 2.75) is 25.3 Å². The topological polar surface area (TPSA) is 44.1 Å². The molecule has 4 heteroatoms. The molecule has 3 rings (SSSR count). The van der Waals surface area contributed by atoms with E-state index in [1.165, 1.54) is 0 Å². The predicted molar refractivity (Wildman–Crippen MR) is 49.4 cm³/mol. The summed E-state index contributed by atoms with van der Waals surface area (Å²) in [6.45, 7) is 1.48. The number of rotatable bonds is 1. The van der Waals surface area contributed by atoms with Crippen molar-refractivity contribution in [2.75, 3.05) is 13.2 Å². The summed E-state index contributed by atoms with van der Waals surface area (Å²) in [6, 6.07) is 0.365. The second kappa shape index (κ2) is 2.92. The summed E-state index contributed by atoms with van der Waals surface area (Å²) in [6.07, 6.45) is 4.34. The van der Waals surface area contributed by atoms with E-state index in [0.29, 0.717) is 12.5 Å². The average molecular weight is 192 g/mol. The third-order valence-corrected chi connectivity index (χ3v) is 2.98. The van der Waals surface area contributed by atoms with Crippen LogP contribution in [0.3, 0.4) is 0 Å². The third-order valence-electron chi connectivity index (χ3n) is 2.98. The smallest absolute Gasteiger partial charge is 0.166 e. The number of aromatic nitrogens is 2. The van der Waals surface area contributed by atoms with E-state index in [2.05, 4.69) is 5.10 Å². The molecule has 0 amide bonds. The van der Waals surface area contributed by atoms with Gasteiger partial charge in [-0.25, -0.2) is 0 Å². The van der Waals surface area contributed by atoms with E-state index < -0.39 is 0 Å². The highest BCUT2D eigenvalue weighted by Crippen LogP contribution is 2.26. The van der Waals surface area contributed by atoms with Crippen molar-refractivity contribution >= 4 is 5.78 Å². The van der Waals surface area contributed by atoms with Gasteiger partial charge in [-0.3, -0.25) is 9.48 Å². The van der Waals surface area contributed by atoms with Crippen LogP contribution in [0.1, 0.15) is 34.9 Å². The van der Waals surface area contributed by atoms with E-state index in [9.17, 15) is 4.79 Å². The Balaban J connectivity index is 2.01. The van der Waals surface area contributed by atoms with Crippen LogP contribution in [0.15, 0.2) is 6.20 Å². The van der Waals surface area contributed by atoms with Crippen LogP contribution in [0.5, 0.6) is 0 Å². The Kier molecular flexibility index (Phi) is 1.70. The molecule has 1 aromatic heterocycles. The Labute approximate surface area is 81.9 Å². The SMILES string of the molecule is O=C1CCCc2c1cnn2C1COC1. The first kappa shape index (κ1) is 8.17. The van der Waals surface area contributed by atoms with E-state index in [1.807, 2.05) is 4.68 Å². The number of nitrogens with zero attached hydrogens (tertiary/aromatic N) is 2. The van der Waals surface area contributed by atoms with Crippen LogP contribution < -0.4 is 0 Å². The van der Waals surface area contributed by atoms with Crippen molar-refractivity contribution < 1.29 is 9.53 Å². The van der Waals surface area contributed by atoms with E-state index in [-0.39, 0.29) is 5.78 Å². The first-order valence-corrected chi connectivity index (χ1v) is 5.03. The molecule has 0 saturated carbocycles. The van der Waals surface area contributed by atoms with Gasteiger partial charge >= 0.3 is 0 Å². The van der Waals surface area contributed by atoms with Gasteiger partial charge < -0.3 is 4.74 Å². The summed E-state index contributed by atoms with van der Waals surface area (Å²) < 4.78 is 7.11. The first-order valence-electron chi connectivity index (χ1n) is 5.03. The lowest BCUT2D eigenvalue weighted by Crippen LogP contribution is -2.33. The molecule has 0 radical (unpaired) electrons. The fraction of sp³-hybridized carbons (Fsp3) is 0.600. The molecule has 4 nitrogen and oxygen atoms in total. The molecule has 14 heavy (non-hydrogen) atoms. The van der Waals surface area contributed by atoms with Gasteiger partial charge in [-0.2, -0.15) is 5.10 Å². The molecule has 0 atom stereocenters. The highest BCUT2D eigenvalue weighted by atomic mass is 16.5. The number of carbonyl (C=O) groups excluding carboxylic acids is 1. The Bertz CT molecular complexity index is 379. The number of carbonyl (C=O) groups is 1. The molecule has 1 aromatic rings. The van der Waals surface area contributed by atoms with E-state index in [1.54, 1.807) is 6.20 Å². The minimum atomic E-state index is 0.248. The second-order valence-corrected chi connectivity index (χ2v) is 3.92. The first-order chi connectivity index (χ1) is 6.86. The van der Waals surface area contributed by atoms with Crippen molar-refractivity contribution in [3.05, 3.63) is 17.5 Å². The highest BCUT2D eigenvalue weighted by molar-refractivity contribution is 5.97. The molecule has 0 aromatic carbocycles. The number of ketones is 1. The molecule has 74 valence electrons. The standard InChI is InChI=1S/C10H12N2O2/c13-10-3-1-2-9-8(10)4-11-12(9)7-5-14-6-7/h4,7H,1-3,5-6H2. The normalized spacial score (nSPS) is 21.9. The summed E-state index contributed by atoms with van der Waals surface area (Å²) in [4.78, 5) is 11.5. The molecule has 0 N–H and O–H groups in total. The number of hydrogen-bond donors (Lipinski definition) is 0. The van der Waals surface area contributed by atoms with Gasteiger partial charge in [0, 0.05) is 12.1 Å². The summed E-state index contributed by atoms with van der Waals surface area (Å²) >= 11 is 0. The Morgan fingerprint density at radius 1 is 1.43 bits per heavy atom. The number of fused-ring (bicyclic) bond motifs is 1. The van der Waals surface area contributed by atoms with Gasteiger partial charge in [0.15, 0.2) is 5.78 Å². The maximum absolute atomic E-state index is 11.5. The summed E-state index contributed by atoms with van der Waals surface area (Å²) in [5.74, 6) is 0.248. The molecule has 1 fully saturated rings. The van der Waals surface area contributed by atoms with Crippen LogP contribution in [-0.4, -0.2) is 28.8 Å². The maximum atomic E-state index is 11.5. The second-order valence-electron chi connectivity index (χ2n) is 3.92. The number of ether oxygens (including phenoxy) is 1. The van der Waals surface area contributed by atoms with Gasteiger partial charge in [0.25, 0.3) is 0 Å². The molecule has 0 bridgehead atoms. The van der Waals surface area contributed by atoms with Crippen LogP contribution in [-0.2, 0) is 11.2 Å². The fourth-order valence-electron chi connectivity index (χ4n) is 2.10. The molecule has 2 aliphatic rings. The van der Waals surface area contributed by atoms with Gasteiger partial charge in [0.05, 0.1) is 31.0 Å². The predicted octanol–water partition coefficient (Wildman–Crippen LogP) is 0.973. The highest BCUT2D eigenvalue weighted by Gasteiger charge is 2.28. The lowest BCUT2D eigenvalue weighted by Gasteiger charge is -2.28. The van der Waals surface area contributed by atoms with Crippen LogP contribution in [0.25, 0.3) is 0 Å². The van der Waals surface area contributed by atoms with Crippen molar-refractivity contribution in [3.63, 3.8) is 0 Å². The van der Waals surface area contributed by atoms with E-state index in [0.717, 1.165) is 37.3 Å². The molecule has 1 saturated heterocycles. The number of Topliss-reactive ketones (excluding diaryl/α,β-unsaturated/α-hetero) is 1. The third kappa shape index (κ3) is 1.04. The molecule has 2 heterocycles. The van der Waals surface area contributed by atoms with E-state index >= 15 is 0 Å². The van der Waals surface area contributed by atoms with Crippen LogP contribution in [0.2, 0.25) is 0 Å². The quantitative estimate of drug-likeness (QED) is 0.666. The van der Waals surface area contributed by atoms with Gasteiger partial charge in [-0.1, -0.05) is 0 Å².